The van der Waals surface area contributed by atoms with E-state index in [1.165, 1.54) is 16.8 Å². The van der Waals surface area contributed by atoms with Gasteiger partial charge in [0.25, 0.3) is 0 Å². The second kappa shape index (κ2) is 8.70. The third-order valence-corrected chi connectivity index (χ3v) is 4.44. The number of hydrogen-bond acceptors (Lipinski definition) is 2. The number of nitrogens with zero attached hydrogens (tertiary/aromatic N) is 4. The lowest BCUT2D eigenvalue weighted by Gasteiger charge is -2.24. The number of aryl methyl sites for hydroxylation is 3. The highest BCUT2D eigenvalue weighted by Crippen LogP contribution is 2.10. The van der Waals surface area contributed by atoms with Crippen LogP contribution in [0.15, 0.2) is 35.3 Å². The number of nitrogens with one attached hydrogen (secondary N) is 1. The maximum atomic E-state index is 4.55. The largest absolute Gasteiger partial charge is 0.356 e. The normalized spacial score (nSPS) is 13.0. The summed E-state index contributed by atoms with van der Waals surface area (Å²) in [5, 5.41) is 8.04. The van der Waals surface area contributed by atoms with Gasteiger partial charge in [0.15, 0.2) is 5.96 Å². The topological polar surface area (TPSA) is 45.5 Å². The molecule has 1 N–H and O–H groups in total. The molecule has 1 aromatic heterocycles. The number of rotatable bonds is 6. The summed E-state index contributed by atoms with van der Waals surface area (Å²) in [6.07, 6.45) is 0. The van der Waals surface area contributed by atoms with E-state index in [4.69, 9.17) is 0 Å². The predicted molar refractivity (Wildman–Crippen MR) is 105 cm³/mol. The molecule has 2 aromatic rings. The van der Waals surface area contributed by atoms with Crippen molar-refractivity contribution in [3.63, 3.8) is 0 Å². The molecule has 0 aliphatic carbocycles. The fourth-order valence-corrected chi connectivity index (χ4v) is 2.99. The van der Waals surface area contributed by atoms with Crippen molar-refractivity contribution in [1.82, 2.24) is 20.0 Å². The Kier molecular flexibility index (Phi) is 6.62. The van der Waals surface area contributed by atoms with Crippen molar-refractivity contribution >= 4 is 5.96 Å². The average molecular weight is 342 g/mol. The molecule has 0 bridgehead atoms. The van der Waals surface area contributed by atoms with Crippen molar-refractivity contribution in [3.05, 3.63) is 52.8 Å². The van der Waals surface area contributed by atoms with Crippen molar-refractivity contribution in [2.75, 3.05) is 20.6 Å². The lowest BCUT2D eigenvalue weighted by atomic mass is 10.1. The van der Waals surface area contributed by atoms with Gasteiger partial charge in [0.1, 0.15) is 0 Å². The predicted octanol–water partition coefficient (Wildman–Crippen LogP) is 3.15. The summed E-state index contributed by atoms with van der Waals surface area (Å²) in [6.45, 7) is 11.1. The van der Waals surface area contributed by atoms with Crippen molar-refractivity contribution in [2.24, 2.45) is 10.9 Å². The van der Waals surface area contributed by atoms with Crippen LogP contribution in [0.2, 0.25) is 0 Å². The first-order valence-corrected chi connectivity index (χ1v) is 8.88. The number of aromatic nitrogens is 2. The molecular formula is C20H31N5. The molecule has 25 heavy (non-hydrogen) atoms. The lowest BCUT2D eigenvalue weighted by Crippen LogP contribution is -2.41. The molecule has 0 fully saturated rings. The van der Waals surface area contributed by atoms with Crippen molar-refractivity contribution < 1.29 is 0 Å². The first-order valence-electron chi connectivity index (χ1n) is 8.88. The second-order valence-corrected chi connectivity index (χ2v) is 6.93. The molecule has 5 nitrogen and oxygen atoms in total. The van der Waals surface area contributed by atoms with Crippen LogP contribution in [-0.4, -0.2) is 41.3 Å². The summed E-state index contributed by atoms with van der Waals surface area (Å²) in [4.78, 5) is 6.59. The minimum atomic E-state index is 0.460. The molecule has 1 atom stereocenters. The highest BCUT2D eigenvalue weighted by molar-refractivity contribution is 5.79. The molecule has 136 valence electrons. The van der Waals surface area contributed by atoms with Crippen LogP contribution in [0.3, 0.4) is 0 Å². The Morgan fingerprint density at radius 1 is 1.28 bits per heavy atom. The molecule has 5 heteroatoms. The molecule has 0 spiro atoms. The van der Waals surface area contributed by atoms with Gasteiger partial charge < -0.3 is 10.2 Å². The Labute approximate surface area is 151 Å². The van der Waals surface area contributed by atoms with E-state index in [1.54, 1.807) is 0 Å². The molecular weight excluding hydrogens is 310 g/mol. The average Bonchev–Trinajstić information content (AvgIpc) is 2.87. The van der Waals surface area contributed by atoms with Crippen molar-refractivity contribution in [3.8, 4) is 0 Å². The van der Waals surface area contributed by atoms with Gasteiger partial charge in [0.05, 0.1) is 5.69 Å². The number of aliphatic imine (C=N–C) groups is 1. The van der Waals surface area contributed by atoms with E-state index in [1.807, 2.05) is 14.0 Å². The molecule has 1 unspecified atom stereocenters. The summed E-state index contributed by atoms with van der Waals surface area (Å²) < 4.78 is 2.08. The van der Waals surface area contributed by atoms with Crippen LogP contribution < -0.4 is 5.32 Å². The standard InChI is InChI=1S/C20H31N5/c1-15(13-25-18(4)11-17(3)23-25)12-22-20(21-5)24(6)14-19-10-8-7-9-16(19)2/h7-11,15H,12-14H2,1-6H3,(H,21,22). The highest BCUT2D eigenvalue weighted by atomic mass is 15.3. The first kappa shape index (κ1) is 19.0. The molecule has 1 heterocycles. The quantitative estimate of drug-likeness (QED) is 0.648. The zero-order chi connectivity index (χ0) is 18.4. The maximum Gasteiger partial charge on any atom is 0.193 e. The molecule has 0 radical (unpaired) electrons. The minimum absolute atomic E-state index is 0.460. The fourth-order valence-electron chi connectivity index (χ4n) is 2.99. The van der Waals surface area contributed by atoms with E-state index in [0.29, 0.717) is 5.92 Å². The van der Waals surface area contributed by atoms with Crippen LogP contribution in [0.1, 0.15) is 29.4 Å². The van der Waals surface area contributed by atoms with Crippen LogP contribution in [0.4, 0.5) is 0 Å². The Hall–Kier alpha value is -2.30. The smallest absolute Gasteiger partial charge is 0.193 e. The van der Waals surface area contributed by atoms with Gasteiger partial charge in [-0.15, -0.1) is 0 Å². The zero-order valence-corrected chi connectivity index (χ0v) is 16.4. The van der Waals surface area contributed by atoms with Crippen LogP contribution >= 0.6 is 0 Å². The molecule has 0 aliphatic rings. The number of benzene rings is 1. The van der Waals surface area contributed by atoms with Gasteiger partial charge in [-0.25, -0.2) is 0 Å². The molecule has 0 saturated heterocycles. The van der Waals surface area contributed by atoms with Gasteiger partial charge in [-0.2, -0.15) is 5.10 Å². The van der Waals surface area contributed by atoms with Gasteiger partial charge in [0, 0.05) is 39.4 Å². The third kappa shape index (κ3) is 5.34. The Morgan fingerprint density at radius 3 is 2.60 bits per heavy atom. The maximum absolute atomic E-state index is 4.55. The number of guanidine groups is 1. The van der Waals surface area contributed by atoms with Crippen LogP contribution in [0.25, 0.3) is 0 Å². The van der Waals surface area contributed by atoms with Crippen molar-refractivity contribution in [1.29, 1.82) is 0 Å². The Bertz CT molecular complexity index is 717. The Balaban J connectivity index is 1.89. The van der Waals surface area contributed by atoms with E-state index in [-0.39, 0.29) is 0 Å². The summed E-state index contributed by atoms with van der Waals surface area (Å²) in [5.74, 6) is 1.38. The summed E-state index contributed by atoms with van der Waals surface area (Å²) >= 11 is 0. The van der Waals surface area contributed by atoms with Gasteiger partial charge in [0.2, 0.25) is 0 Å². The number of hydrogen-bond donors (Lipinski definition) is 1. The van der Waals surface area contributed by atoms with Gasteiger partial charge >= 0.3 is 0 Å². The molecule has 2 rings (SSSR count). The van der Waals surface area contributed by atoms with Crippen molar-refractivity contribution in [2.45, 2.75) is 40.8 Å². The van der Waals surface area contributed by atoms with E-state index < -0.39 is 0 Å². The van der Waals surface area contributed by atoms with Gasteiger partial charge in [-0.05, 0) is 43.9 Å². The SMILES string of the molecule is CN=C(NCC(C)Cn1nc(C)cc1C)N(C)Cc1ccccc1C. The monoisotopic (exact) mass is 341 g/mol. The lowest BCUT2D eigenvalue weighted by molar-refractivity contribution is 0.418. The van der Waals surface area contributed by atoms with E-state index >= 15 is 0 Å². The van der Waals surface area contributed by atoms with Gasteiger partial charge in [-0.1, -0.05) is 31.2 Å². The minimum Gasteiger partial charge on any atom is -0.356 e. The molecule has 0 amide bonds. The molecule has 0 saturated carbocycles. The van der Waals surface area contributed by atoms with E-state index in [0.717, 1.165) is 31.3 Å². The highest BCUT2D eigenvalue weighted by Gasteiger charge is 2.11. The molecule has 0 aliphatic heterocycles. The van der Waals surface area contributed by atoms with E-state index in [2.05, 4.69) is 83.1 Å². The van der Waals surface area contributed by atoms with Crippen LogP contribution in [0.5, 0.6) is 0 Å². The van der Waals surface area contributed by atoms with Crippen LogP contribution in [0, 0.1) is 26.7 Å². The second-order valence-electron chi connectivity index (χ2n) is 6.93. The fraction of sp³-hybridized carbons (Fsp3) is 0.500. The third-order valence-electron chi connectivity index (χ3n) is 4.44. The summed E-state index contributed by atoms with van der Waals surface area (Å²) in [5.41, 5.74) is 4.92. The summed E-state index contributed by atoms with van der Waals surface area (Å²) in [6, 6.07) is 10.6. The summed E-state index contributed by atoms with van der Waals surface area (Å²) in [7, 11) is 3.91. The Morgan fingerprint density at radius 2 is 2.00 bits per heavy atom. The zero-order valence-electron chi connectivity index (χ0n) is 16.4. The first-order chi connectivity index (χ1) is 11.9. The molecule has 1 aromatic carbocycles. The van der Waals surface area contributed by atoms with E-state index in [9.17, 15) is 0 Å². The van der Waals surface area contributed by atoms with Gasteiger partial charge in [-0.3, -0.25) is 9.67 Å². The van der Waals surface area contributed by atoms with Crippen LogP contribution in [-0.2, 0) is 13.1 Å².